The molecule has 1 aliphatic heterocycles. The number of carbonyl (C=O) groups is 4. The van der Waals surface area contributed by atoms with Gasteiger partial charge in [-0.2, -0.15) is 8.78 Å². The first-order valence-electron chi connectivity index (χ1n) is 21.0. The number of benzene rings is 3. The minimum absolute atomic E-state index is 0.000676. The maximum absolute atomic E-state index is 14.8. The predicted octanol–water partition coefficient (Wildman–Crippen LogP) is 9.40. The molecule has 0 N–H and O–H groups in total. The molecule has 0 saturated carbocycles. The summed E-state index contributed by atoms with van der Waals surface area (Å²) >= 11 is 0. The van der Waals surface area contributed by atoms with Gasteiger partial charge < -0.3 is 28.7 Å². The zero-order valence-electron chi connectivity index (χ0n) is 38.5. The standard InChI is InChI=1S/C47H62F4N4O8/c1-44(2,3)55-24-22-52(18-19-53(42(58)62-46(7,8)9)20-21-54(23-25-55)43(59)63-47(10,11)12)38(41(57)61-45(4,5)6)32-26-31(30-16-14-13-15-17-30)27-33(28-32)40(56)60-39-36(50)34(48)29-35(49)37(39)51/h13-17,26-29,38H,18-25H2,1-12H3. The van der Waals surface area contributed by atoms with Crippen LogP contribution < -0.4 is 4.74 Å². The number of carbonyl (C=O) groups excluding carboxylic acids is 4. The Balaban J connectivity index is 1.91. The maximum Gasteiger partial charge on any atom is 0.410 e. The van der Waals surface area contributed by atoms with Crippen molar-refractivity contribution in [3.05, 3.63) is 89.0 Å². The fourth-order valence-corrected chi connectivity index (χ4v) is 6.75. The molecule has 4 rings (SSSR count). The molecule has 0 aliphatic carbocycles. The first-order chi connectivity index (χ1) is 29.0. The normalized spacial score (nSPS) is 16.1. The minimum atomic E-state index is -1.90. The molecular formula is C47H62F4N4O8. The molecule has 3 aromatic carbocycles. The average molecular weight is 887 g/mol. The molecule has 0 aromatic heterocycles. The van der Waals surface area contributed by atoms with E-state index in [0.29, 0.717) is 24.2 Å². The molecule has 16 heteroatoms. The lowest BCUT2D eigenvalue weighted by atomic mass is 9.95. The van der Waals surface area contributed by atoms with Crippen molar-refractivity contribution in [2.45, 2.75) is 111 Å². The Morgan fingerprint density at radius 2 is 1.02 bits per heavy atom. The third-order valence-electron chi connectivity index (χ3n) is 9.72. The molecule has 346 valence electrons. The zero-order chi connectivity index (χ0) is 47.2. The molecule has 2 amide bonds. The molecule has 1 atom stereocenters. The molecule has 0 radical (unpaired) electrons. The van der Waals surface area contributed by atoms with E-state index in [-0.39, 0.29) is 56.5 Å². The van der Waals surface area contributed by atoms with Crippen LogP contribution in [-0.4, -0.2) is 118 Å². The number of ether oxygens (including phenoxy) is 4. The van der Waals surface area contributed by atoms with Gasteiger partial charge in [0.1, 0.15) is 22.8 Å². The highest BCUT2D eigenvalue weighted by molar-refractivity contribution is 5.93. The Labute approximate surface area is 368 Å². The second-order valence-electron chi connectivity index (χ2n) is 19.5. The molecule has 1 fully saturated rings. The Kier molecular flexibility index (Phi) is 16.1. The molecule has 0 spiro atoms. The van der Waals surface area contributed by atoms with Gasteiger partial charge in [-0.15, -0.1) is 0 Å². The number of hydrogen-bond donors (Lipinski definition) is 0. The van der Waals surface area contributed by atoms with Crippen molar-refractivity contribution in [3.8, 4) is 16.9 Å². The van der Waals surface area contributed by atoms with Crippen LogP contribution >= 0.6 is 0 Å². The summed E-state index contributed by atoms with van der Waals surface area (Å²) in [6.45, 7) is 23.0. The van der Waals surface area contributed by atoms with Crippen LogP contribution in [0.15, 0.2) is 54.6 Å². The van der Waals surface area contributed by atoms with Gasteiger partial charge in [0.2, 0.25) is 17.4 Å². The second-order valence-corrected chi connectivity index (χ2v) is 19.5. The molecule has 1 aliphatic rings. The van der Waals surface area contributed by atoms with Gasteiger partial charge >= 0.3 is 24.1 Å². The SMILES string of the molecule is CC(C)(C)OC(=O)C(c1cc(C(=O)Oc2c(F)c(F)cc(F)c2F)cc(-c2ccccc2)c1)N1CCN(C(=O)OC(C)(C)C)CCN(C(=O)OC(C)(C)C)CCN(C(C)(C)C)CC1. The predicted molar refractivity (Wildman–Crippen MR) is 230 cm³/mol. The highest BCUT2D eigenvalue weighted by atomic mass is 19.2. The highest BCUT2D eigenvalue weighted by Crippen LogP contribution is 2.33. The Morgan fingerprint density at radius 3 is 1.51 bits per heavy atom. The summed E-state index contributed by atoms with van der Waals surface area (Å²) in [5.74, 6) is -11.0. The molecule has 1 heterocycles. The first-order valence-corrected chi connectivity index (χ1v) is 21.0. The Hall–Kier alpha value is -5.22. The number of esters is 2. The van der Waals surface area contributed by atoms with Gasteiger partial charge in [0.15, 0.2) is 11.6 Å². The first kappa shape index (κ1) is 50.4. The van der Waals surface area contributed by atoms with Crippen molar-refractivity contribution in [3.63, 3.8) is 0 Å². The number of nitrogens with zero attached hydrogens (tertiary/aromatic N) is 4. The van der Waals surface area contributed by atoms with Crippen LogP contribution in [0.3, 0.4) is 0 Å². The van der Waals surface area contributed by atoms with Crippen molar-refractivity contribution in [2.24, 2.45) is 0 Å². The summed E-state index contributed by atoms with van der Waals surface area (Å²) in [5.41, 5.74) is -2.20. The molecule has 1 saturated heterocycles. The van der Waals surface area contributed by atoms with Gasteiger partial charge in [-0.3, -0.25) is 9.80 Å². The molecular weight excluding hydrogens is 825 g/mol. The van der Waals surface area contributed by atoms with Crippen molar-refractivity contribution >= 4 is 24.1 Å². The number of amides is 2. The van der Waals surface area contributed by atoms with Crippen LogP contribution in [0.25, 0.3) is 11.1 Å². The van der Waals surface area contributed by atoms with Crippen LogP contribution in [0.5, 0.6) is 5.75 Å². The van der Waals surface area contributed by atoms with Crippen LogP contribution in [0.1, 0.15) is 105 Å². The van der Waals surface area contributed by atoms with E-state index in [2.05, 4.69) is 4.90 Å². The summed E-state index contributed by atoms with van der Waals surface area (Å²) in [5, 5.41) is 0. The van der Waals surface area contributed by atoms with E-state index in [1.54, 1.807) is 104 Å². The second kappa shape index (κ2) is 20.1. The number of hydrogen-bond acceptors (Lipinski definition) is 10. The quantitative estimate of drug-likeness (QED) is 0.0779. The lowest BCUT2D eigenvalue weighted by molar-refractivity contribution is -0.162. The molecule has 3 aromatic rings. The fraction of sp³-hybridized carbons (Fsp3) is 0.532. The van der Waals surface area contributed by atoms with E-state index >= 15 is 0 Å². The van der Waals surface area contributed by atoms with Crippen LogP contribution in [0.2, 0.25) is 0 Å². The molecule has 12 nitrogen and oxygen atoms in total. The average Bonchev–Trinajstić information content (AvgIpc) is 3.14. The van der Waals surface area contributed by atoms with Gasteiger partial charge in [-0.1, -0.05) is 30.3 Å². The van der Waals surface area contributed by atoms with E-state index in [1.807, 2.05) is 25.7 Å². The third kappa shape index (κ3) is 14.7. The third-order valence-corrected chi connectivity index (χ3v) is 9.72. The summed E-state index contributed by atoms with van der Waals surface area (Å²) < 4.78 is 80.6. The Morgan fingerprint density at radius 1 is 0.556 bits per heavy atom. The van der Waals surface area contributed by atoms with E-state index in [0.717, 1.165) is 0 Å². The topological polar surface area (TPSA) is 118 Å². The number of rotatable bonds is 6. The zero-order valence-corrected chi connectivity index (χ0v) is 38.5. The fourth-order valence-electron chi connectivity index (χ4n) is 6.75. The van der Waals surface area contributed by atoms with E-state index < -0.39 is 81.5 Å². The van der Waals surface area contributed by atoms with Crippen LogP contribution in [0, 0.1) is 23.3 Å². The largest absolute Gasteiger partial charge is 0.459 e. The Bertz CT molecular complexity index is 2080. The summed E-state index contributed by atoms with van der Waals surface area (Å²) in [7, 11) is 0. The van der Waals surface area contributed by atoms with Crippen molar-refractivity contribution in [1.82, 2.24) is 19.6 Å². The van der Waals surface area contributed by atoms with E-state index in [1.165, 1.54) is 17.0 Å². The van der Waals surface area contributed by atoms with Gasteiger partial charge in [0.25, 0.3) is 0 Å². The van der Waals surface area contributed by atoms with Crippen molar-refractivity contribution in [1.29, 1.82) is 0 Å². The van der Waals surface area contributed by atoms with Crippen molar-refractivity contribution in [2.75, 3.05) is 52.4 Å². The van der Waals surface area contributed by atoms with E-state index in [9.17, 15) is 36.7 Å². The summed E-state index contributed by atoms with van der Waals surface area (Å²) in [6.07, 6.45) is -1.19. The maximum atomic E-state index is 14.8. The molecule has 63 heavy (non-hydrogen) atoms. The highest BCUT2D eigenvalue weighted by Gasteiger charge is 2.36. The van der Waals surface area contributed by atoms with E-state index in [4.69, 9.17) is 18.9 Å². The minimum Gasteiger partial charge on any atom is -0.459 e. The molecule has 0 bridgehead atoms. The van der Waals surface area contributed by atoms with Gasteiger partial charge in [0.05, 0.1) is 5.56 Å². The molecule has 1 unspecified atom stereocenters. The van der Waals surface area contributed by atoms with Gasteiger partial charge in [0, 0.05) is 64.0 Å². The lowest BCUT2D eigenvalue weighted by Crippen LogP contribution is -2.54. The lowest BCUT2D eigenvalue weighted by Gasteiger charge is -2.41. The smallest absolute Gasteiger partial charge is 0.410 e. The monoisotopic (exact) mass is 886 g/mol. The van der Waals surface area contributed by atoms with Crippen molar-refractivity contribution < 1.29 is 55.7 Å². The van der Waals surface area contributed by atoms with Gasteiger partial charge in [-0.25, -0.2) is 28.0 Å². The summed E-state index contributed by atoms with van der Waals surface area (Å²) in [4.78, 5) is 62.9. The van der Waals surface area contributed by atoms with Gasteiger partial charge in [-0.05, 0) is 118 Å². The summed E-state index contributed by atoms with van der Waals surface area (Å²) in [6, 6.07) is 11.8. The number of halogens is 4. The van der Waals surface area contributed by atoms with Crippen LogP contribution in [0.4, 0.5) is 27.2 Å². The van der Waals surface area contributed by atoms with Crippen LogP contribution in [-0.2, 0) is 19.0 Å².